The summed E-state index contributed by atoms with van der Waals surface area (Å²) in [7, 11) is 1.41. The molecular weight excluding hydrogens is 379 g/mol. The summed E-state index contributed by atoms with van der Waals surface area (Å²) < 4.78 is 24.5. The zero-order valence-electron chi connectivity index (χ0n) is 15.9. The number of nitrogens with zero attached hydrogens (tertiary/aromatic N) is 1. The minimum absolute atomic E-state index is 0.172. The standard InChI is InChI=1S/C21H21FN2O3S/c1-13(16-6-9-20(26-3)19(22)10-16)23-21(25)15-4-7-18(8-5-15)27-11-17-12-28-14(2)24-17/h4-10,12-13H,11H2,1-3H3,(H,23,25). The molecule has 3 aromatic rings. The van der Waals surface area contributed by atoms with Crippen molar-refractivity contribution in [3.63, 3.8) is 0 Å². The molecule has 28 heavy (non-hydrogen) atoms. The van der Waals surface area contributed by atoms with Gasteiger partial charge in [0.2, 0.25) is 0 Å². The Hall–Kier alpha value is -2.93. The summed E-state index contributed by atoms with van der Waals surface area (Å²) in [5.41, 5.74) is 2.03. The monoisotopic (exact) mass is 400 g/mol. The molecule has 0 aliphatic rings. The summed E-state index contributed by atoms with van der Waals surface area (Å²) >= 11 is 1.58. The molecule has 1 heterocycles. The smallest absolute Gasteiger partial charge is 0.251 e. The summed E-state index contributed by atoms with van der Waals surface area (Å²) in [6.45, 7) is 4.13. The zero-order valence-corrected chi connectivity index (χ0v) is 16.7. The van der Waals surface area contributed by atoms with E-state index < -0.39 is 5.82 Å². The van der Waals surface area contributed by atoms with Crippen molar-refractivity contribution in [2.45, 2.75) is 26.5 Å². The lowest BCUT2D eigenvalue weighted by molar-refractivity contribution is 0.0939. The van der Waals surface area contributed by atoms with Gasteiger partial charge in [0.15, 0.2) is 11.6 Å². The number of methoxy groups -OCH3 is 1. The van der Waals surface area contributed by atoms with Crippen LogP contribution in [0, 0.1) is 12.7 Å². The molecule has 1 atom stereocenters. The van der Waals surface area contributed by atoms with E-state index in [1.807, 2.05) is 12.3 Å². The van der Waals surface area contributed by atoms with Crippen molar-refractivity contribution < 1.29 is 18.7 Å². The lowest BCUT2D eigenvalue weighted by atomic mass is 10.1. The number of aromatic nitrogens is 1. The molecule has 1 N–H and O–H groups in total. The molecule has 1 unspecified atom stereocenters. The van der Waals surface area contributed by atoms with Crippen molar-refractivity contribution in [3.05, 3.63) is 75.5 Å². The van der Waals surface area contributed by atoms with Gasteiger partial charge in [0, 0.05) is 10.9 Å². The second kappa shape index (κ2) is 8.84. The normalized spacial score (nSPS) is 11.7. The Kier molecular flexibility index (Phi) is 6.26. The van der Waals surface area contributed by atoms with E-state index in [9.17, 15) is 9.18 Å². The number of carbonyl (C=O) groups excluding carboxylic acids is 1. The van der Waals surface area contributed by atoms with Crippen LogP contribution in [0.5, 0.6) is 11.5 Å². The molecule has 146 valence electrons. The SMILES string of the molecule is COc1ccc(C(C)NC(=O)c2ccc(OCc3csc(C)n3)cc2)cc1F. The Morgan fingerprint density at radius 1 is 1.25 bits per heavy atom. The topological polar surface area (TPSA) is 60.5 Å². The lowest BCUT2D eigenvalue weighted by Gasteiger charge is -2.15. The van der Waals surface area contributed by atoms with Gasteiger partial charge in [-0.05, 0) is 55.8 Å². The first kappa shape index (κ1) is 19.8. The fraction of sp³-hybridized carbons (Fsp3) is 0.238. The van der Waals surface area contributed by atoms with Gasteiger partial charge in [-0.25, -0.2) is 9.37 Å². The Labute approximate surface area is 167 Å². The van der Waals surface area contributed by atoms with Gasteiger partial charge in [0.1, 0.15) is 12.4 Å². The van der Waals surface area contributed by atoms with Gasteiger partial charge in [-0.15, -0.1) is 11.3 Å². The average Bonchev–Trinajstić information content (AvgIpc) is 3.11. The average molecular weight is 400 g/mol. The number of rotatable bonds is 7. The van der Waals surface area contributed by atoms with Crippen LogP contribution < -0.4 is 14.8 Å². The highest BCUT2D eigenvalue weighted by Gasteiger charge is 2.14. The highest BCUT2D eigenvalue weighted by molar-refractivity contribution is 7.09. The van der Waals surface area contributed by atoms with Crippen molar-refractivity contribution in [3.8, 4) is 11.5 Å². The predicted octanol–water partition coefficient (Wildman–Crippen LogP) is 4.67. The zero-order chi connectivity index (χ0) is 20.1. The molecule has 0 aliphatic heterocycles. The molecule has 0 aliphatic carbocycles. The molecule has 0 fully saturated rings. The van der Waals surface area contributed by atoms with Crippen LogP contribution >= 0.6 is 11.3 Å². The number of amides is 1. The van der Waals surface area contributed by atoms with E-state index in [2.05, 4.69) is 10.3 Å². The minimum atomic E-state index is -0.460. The number of nitrogens with one attached hydrogen (secondary N) is 1. The Balaban J connectivity index is 1.58. The molecule has 1 amide bonds. The first-order valence-electron chi connectivity index (χ1n) is 8.74. The largest absolute Gasteiger partial charge is 0.494 e. The van der Waals surface area contributed by atoms with Gasteiger partial charge in [0.25, 0.3) is 5.91 Å². The maximum Gasteiger partial charge on any atom is 0.251 e. The molecule has 0 radical (unpaired) electrons. The van der Waals surface area contributed by atoms with Crippen LogP contribution in [0.25, 0.3) is 0 Å². The summed E-state index contributed by atoms with van der Waals surface area (Å²) in [5, 5.41) is 5.82. The fourth-order valence-corrected chi connectivity index (χ4v) is 3.25. The molecule has 2 aromatic carbocycles. The van der Waals surface area contributed by atoms with Gasteiger partial charge in [0.05, 0.1) is 23.9 Å². The molecule has 0 saturated carbocycles. The number of hydrogen-bond donors (Lipinski definition) is 1. The third kappa shape index (κ3) is 4.86. The maximum atomic E-state index is 13.9. The highest BCUT2D eigenvalue weighted by atomic mass is 32.1. The number of benzene rings is 2. The van der Waals surface area contributed by atoms with E-state index >= 15 is 0 Å². The third-order valence-corrected chi connectivity index (χ3v) is 5.02. The molecule has 0 spiro atoms. The van der Waals surface area contributed by atoms with Gasteiger partial charge in [-0.2, -0.15) is 0 Å². The van der Waals surface area contributed by atoms with Crippen LogP contribution in [0.4, 0.5) is 4.39 Å². The Morgan fingerprint density at radius 3 is 2.61 bits per heavy atom. The summed E-state index contributed by atoms with van der Waals surface area (Å²) in [5.74, 6) is 0.126. The number of carbonyl (C=O) groups is 1. The van der Waals surface area contributed by atoms with E-state index in [1.165, 1.54) is 13.2 Å². The number of halogens is 1. The molecular formula is C21H21FN2O3S. The van der Waals surface area contributed by atoms with E-state index in [-0.39, 0.29) is 17.7 Å². The van der Waals surface area contributed by atoms with Gasteiger partial charge >= 0.3 is 0 Å². The number of hydrogen-bond acceptors (Lipinski definition) is 5. The summed E-state index contributed by atoms with van der Waals surface area (Å²) in [4.78, 5) is 16.8. The minimum Gasteiger partial charge on any atom is -0.494 e. The summed E-state index contributed by atoms with van der Waals surface area (Å²) in [6.07, 6.45) is 0. The van der Waals surface area contributed by atoms with Gasteiger partial charge in [-0.3, -0.25) is 4.79 Å². The van der Waals surface area contributed by atoms with Crippen LogP contribution in [0.1, 0.15) is 39.6 Å². The molecule has 0 saturated heterocycles. The van der Waals surface area contributed by atoms with Crippen LogP contribution in [-0.2, 0) is 6.61 Å². The Morgan fingerprint density at radius 2 is 2.00 bits per heavy atom. The van der Waals surface area contributed by atoms with Crippen molar-refractivity contribution in [1.82, 2.24) is 10.3 Å². The van der Waals surface area contributed by atoms with E-state index in [0.29, 0.717) is 23.5 Å². The molecule has 1 aromatic heterocycles. The summed E-state index contributed by atoms with van der Waals surface area (Å²) in [6, 6.07) is 11.2. The second-order valence-corrected chi connectivity index (χ2v) is 7.32. The molecule has 3 rings (SSSR count). The fourth-order valence-electron chi connectivity index (χ4n) is 2.65. The predicted molar refractivity (Wildman–Crippen MR) is 106 cm³/mol. The molecule has 5 nitrogen and oxygen atoms in total. The van der Waals surface area contributed by atoms with Crippen molar-refractivity contribution in [2.75, 3.05) is 7.11 Å². The first-order valence-corrected chi connectivity index (χ1v) is 9.62. The van der Waals surface area contributed by atoms with E-state index in [4.69, 9.17) is 9.47 Å². The quantitative estimate of drug-likeness (QED) is 0.626. The van der Waals surface area contributed by atoms with Gasteiger partial charge < -0.3 is 14.8 Å². The lowest BCUT2D eigenvalue weighted by Crippen LogP contribution is -2.26. The van der Waals surface area contributed by atoms with Crippen molar-refractivity contribution in [1.29, 1.82) is 0 Å². The van der Waals surface area contributed by atoms with Crippen LogP contribution in [0.3, 0.4) is 0 Å². The Bertz CT molecular complexity index is 957. The van der Waals surface area contributed by atoms with Crippen LogP contribution in [-0.4, -0.2) is 18.0 Å². The third-order valence-electron chi connectivity index (χ3n) is 4.19. The molecule has 7 heteroatoms. The van der Waals surface area contributed by atoms with Gasteiger partial charge in [-0.1, -0.05) is 6.07 Å². The first-order chi connectivity index (χ1) is 13.5. The number of thiazole rings is 1. The molecule has 0 bridgehead atoms. The van der Waals surface area contributed by atoms with E-state index in [1.54, 1.807) is 54.7 Å². The second-order valence-electron chi connectivity index (χ2n) is 6.26. The van der Waals surface area contributed by atoms with Crippen molar-refractivity contribution >= 4 is 17.2 Å². The van der Waals surface area contributed by atoms with E-state index in [0.717, 1.165) is 10.7 Å². The highest BCUT2D eigenvalue weighted by Crippen LogP contribution is 2.22. The van der Waals surface area contributed by atoms with Crippen LogP contribution in [0.15, 0.2) is 47.8 Å². The van der Waals surface area contributed by atoms with Crippen molar-refractivity contribution in [2.24, 2.45) is 0 Å². The number of ether oxygens (including phenoxy) is 2. The van der Waals surface area contributed by atoms with Crippen LogP contribution in [0.2, 0.25) is 0 Å². The maximum absolute atomic E-state index is 13.9. The number of aryl methyl sites for hydroxylation is 1.